The van der Waals surface area contributed by atoms with Crippen LogP contribution in [0.2, 0.25) is 0 Å². The first-order chi connectivity index (χ1) is 30.4. The molecule has 3 aromatic carbocycles. The molecule has 3 amide bonds. The highest BCUT2D eigenvalue weighted by Gasteiger charge is 2.38. The normalized spacial score (nSPS) is 17.5. The molecular weight excluding hydrogens is 789 g/mol. The minimum absolute atomic E-state index is 0.151. The summed E-state index contributed by atoms with van der Waals surface area (Å²) in [7, 11) is 2.65. The summed E-state index contributed by atoms with van der Waals surface area (Å²) in [6.45, 7) is 1.10. The van der Waals surface area contributed by atoms with E-state index in [-0.39, 0.29) is 23.9 Å². The molecule has 4 atom stereocenters. The van der Waals surface area contributed by atoms with E-state index in [2.05, 4.69) is 35.1 Å². The number of benzene rings is 3. The highest BCUT2D eigenvalue weighted by molar-refractivity contribution is 5.88. The first-order valence-corrected chi connectivity index (χ1v) is 20.5. The van der Waals surface area contributed by atoms with Gasteiger partial charge in [0.1, 0.15) is 17.7 Å². The van der Waals surface area contributed by atoms with Crippen LogP contribution in [0.1, 0.15) is 72.6 Å². The number of fused-ring (bicyclic) bond motifs is 2. The van der Waals surface area contributed by atoms with Crippen molar-refractivity contribution < 1.29 is 28.9 Å². The number of aromatic amines is 2. The number of imidazole rings is 2. The van der Waals surface area contributed by atoms with Crippen LogP contribution >= 0.6 is 0 Å². The molecule has 0 radical (unpaired) electrons. The number of nitrogens with one attached hydrogen (secondary N) is 3. The SMILES string of the molecule is COOC=N[C@@H](C(=O)N1CCC[C@H]1c1nc2ncc(-c3ccc(-c4cnc5nc([C@@H]6CCCN6C(=O)[C@H](NC(=O)OC)c6ccccc6)[nH]c5c4)cc3)cc2[nH]1)c1ccccc1. The van der Waals surface area contributed by atoms with Gasteiger partial charge in [-0.1, -0.05) is 84.9 Å². The van der Waals surface area contributed by atoms with Crippen molar-refractivity contribution in [1.29, 1.82) is 0 Å². The molecule has 6 heterocycles. The molecule has 2 aliphatic rings. The zero-order valence-corrected chi connectivity index (χ0v) is 34.1. The van der Waals surface area contributed by atoms with Crippen LogP contribution in [0.25, 0.3) is 44.6 Å². The molecule has 7 aromatic rings. The van der Waals surface area contributed by atoms with Gasteiger partial charge in [0.15, 0.2) is 17.3 Å². The smallest absolute Gasteiger partial charge is 0.407 e. The van der Waals surface area contributed by atoms with E-state index in [0.29, 0.717) is 41.6 Å². The number of hydrogen-bond acceptors (Lipinski definition) is 11. The zero-order valence-electron chi connectivity index (χ0n) is 34.1. The lowest BCUT2D eigenvalue weighted by atomic mass is 10.0. The third-order valence-corrected chi connectivity index (χ3v) is 11.5. The first-order valence-electron chi connectivity index (χ1n) is 20.5. The molecular formula is C46H44N10O6. The quantitative estimate of drug-likeness (QED) is 0.0486. The molecule has 16 nitrogen and oxygen atoms in total. The standard InChI is InChI=1S/C46H44N10O6/c1-60-46(59)52-39(31-13-7-4-8-14-31)45(58)56-22-10-16-37(56)43-51-35-24-33(26-48-41(35)54-43)29-19-17-28(18-20-29)32-23-34-40(47-25-32)53-42(50-34)36-15-9-21-55(36)44(57)38(49-27-62-61-2)30-11-5-3-6-12-30/h3-8,11-14,17-20,23-27,36-39H,9-10,15-16,21-22H2,1-2H3,(H,52,59)(H,47,50,53)(H,48,51,54)/t36-,37-,38+,39+/m0/s1. The van der Waals surface area contributed by atoms with E-state index in [1.807, 2.05) is 102 Å². The maximum atomic E-state index is 14.0. The summed E-state index contributed by atoms with van der Waals surface area (Å²) in [5.74, 6) is 0.939. The first kappa shape index (κ1) is 40.0. The minimum atomic E-state index is -0.904. The molecule has 62 heavy (non-hydrogen) atoms. The Hall–Kier alpha value is -7.46. The number of hydrogen-bond donors (Lipinski definition) is 3. The molecule has 0 spiro atoms. The number of carbonyl (C=O) groups is 3. The van der Waals surface area contributed by atoms with Crippen LogP contribution in [0.15, 0.2) is 114 Å². The topological polar surface area (TPSA) is 193 Å². The van der Waals surface area contributed by atoms with Crippen molar-refractivity contribution in [3.8, 4) is 22.3 Å². The number of H-pyrrole nitrogens is 2. The zero-order chi connectivity index (χ0) is 42.6. The van der Waals surface area contributed by atoms with Gasteiger partial charge in [-0.15, -0.1) is 0 Å². The van der Waals surface area contributed by atoms with Crippen molar-refractivity contribution in [2.75, 3.05) is 27.3 Å². The number of pyridine rings is 2. The van der Waals surface area contributed by atoms with Gasteiger partial charge in [0.25, 0.3) is 11.8 Å². The highest BCUT2D eigenvalue weighted by Crippen LogP contribution is 2.37. The summed E-state index contributed by atoms with van der Waals surface area (Å²) >= 11 is 0. The second kappa shape index (κ2) is 17.6. The Morgan fingerprint density at radius 2 is 1.23 bits per heavy atom. The lowest BCUT2D eigenvalue weighted by Crippen LogP contribution is -2.42. The van der Waals surface area contributed by atoms with E-state index in [1.165, 1.54) is 14.2 Å². The van der Waals surface area contributed by atoms with Gasteiger partial charge < -0.3 is 34.7 Å². The molecule has 3 N–H and O–H groups in total. The van der Waals surface area contributed by atoms with Gasteiger partial charge in [0.05, 0.1) is 37.3 Å². The number of aromatic nitrogens is 6. The fourth-order valence-corrected chi connectivity index (χ4v) is 8.44. The largest absolute Gasteiger partial charge is 0.453 e. The minimum Gasteiger partial charge on any atom is -0.453 e. The van der Waals surface area contributed by atoms with Gasteiger partial charge in [-0.05, 0) is 60.1 Å². The Morgan fingerprint density at radius 3 is 1.74 bits per heavy atom. The second-order valence-corrected chi connectivity index (χ2v) is 15.2. The number of methoxy groups -OCH3 is 1. The van der Waals surface area contributed by atoms with Gasteiger partial charge in [-0.2, -0.15) is 4.89 Å². The Balaban J connectivity index is 0.909. The Bertz CT molecular complexity index is 2740. The average Bonchev–Trinajstić information content (AvgIpc) is 4.15. The van der Waals surface area contributed by atoms with Gasteiger partial charge in [0, 0.05) is 36.6 Å². The molecule has 314 valence electrons. The summed E-state index contributed by atoms with van der Waals surface area (Å²) in [5.41, 5.74) is 7.81. The van der Waals surface area contributed by atoms with Crippen molar-refractivity contribution in [2.45, 2.75) is 49.9 Å². The average molecular weight is 833 g/mol. The molecule has 0 unspecified atom stereocenters. The molecule has 2 aliphatic heterocycles. The number of aliphatic imine (C=N–C) groups is 1. The Labute approximate surface area is 356 Å². The van der Waals surface area contributed by atoms with E-state index in [9.17, 15) is 14.4 Å². The second-order valence-electron chi connectivity index (χ2n) is 15.2. The third kappa shape index (κ3) is 8.07. The van der Waals surface area contributed by atoms with E-state index in [4.69, 9.17) is 19.6 Å². The van der Waals surface area contributed by atoms with E-state index < -0.39 is 18.2 Å². The fourth-order valence-electron chi connectivity index (χ4n) is 8.44. The van der Waals surface area contributed by atoms with Gasteiger partial charge >= 0.3 is 6.09 Å². The van der Waals surface area contributed by atoms with Crippen molar-refractivity contribution in [3.05, 3.63) is 132 Å². The van der Waals surface area contributed by atoms with Gasteiger partial charge in [-0.25, -0.2) is 29.7 Å². The number of nitrogens with zero attached hydrogens (tertiary/aromatic N) is 7. The molecule has 0 bridgehead atoms. The maximum absolute atomic E-state index is 14.0. The van der Waals surface area contributed by atoms with Crippen molar-refractivity contribution in [1.82, 2.24) is 45.0 Å². The fraction of sp³-hybridized carbons (Fsp3) is 0.261. The number of alkyl carbamates (subject to hydrolysis) is 1. The summed E-state index contributed by atoms with van der Waals surface area (Å²) < 4.78 is 4.84. The number of amides is 3. The van der Waals surface area contributed by atoms with Crippen LogP contribution in [0.4, 0.5) is 4.79 Å². The third-order valence-electron chi connectivity index (χ3n) is 11.5. The Morgan fingerprint density at radius 1 is 0.710 bits per heavy atom. The van der Waals surface area contributed by atoms with E-state index in [1.54, 1.807) is 17.3 Å². The lowest BCUT2D eigenvalue weighted by Gasteiger charge is -2.28. The highest BCUT2D eigenvalue weighted by atomic mass is 17.2. The Kier molecular flexibility index (Phi) is 11.4. The van der Waals surface area contributed by atoms with Crippen molar-refractivity contribution in [2.24, 2.45) is 4.99 Å². The van der Waals surface area contributed by atoms with Crippen molar-refractivity contribution in [3.63, 3.8) is 0 Å². The van der Waals surface area contributed by atoms with Crippen LogP contribution in [-0.2, 0) is 24.1 Å². The van der Waals surface area contributed by atoms with Gasteiger partial charge in [-0.3, -0.25) is 9.59 Å². The number of ether oxygens (including phenoxy) is 1. The van der Waals surface area contributed by atoms with Crippen LogP contribution in [0.3, 0.4) is 0 Å². The molecule has 0 saturated carbocycles. The predicted molar refractivity (Wildman–Crippen MR) is 230 cm³/mol. The molecule has 0 aliphatic carbocycles. The number of likely N-dealkylation sites (tertiary alicyclic amines) is 2. The summed E-state index contributed by atoms with van der Waals surface area (Å²) in [6, 6.07) is 28.5. The predicted octanol–water partition coefficient (Wildman–Crippen LogP) is 7.34. The maximum Gasteiger partial charge on any atom is 0.407 e. The summed E-state index contributed by atoms with van der Waals surface area (Å²) in [5, 5.41) is 2.71. The van der Waals surface area contributed by atoms with E-state index >= 15 is 0 Å². The number of rotatable bonds is 12. The molecule has 9 rings (SSSR count). The molecule has 4 aromatic heterocycles. The lowest BCUT2D eigenvalue weighted by molar-refractivity contribution is -0.188. The van der Waals surface area contributed by atoms with Crippen LogP contribution in [0.5, 0.6) is 0 Å². The molecule has 2 saturated heterocycles. The van der Waals surface area contributed by atoms with Gasteiger partial charge in [0.2, 0.25) is 6.40 Å². The summed E-state index contributed by atoms with van der Waals surface area (Å²) in [4.78, 5) is 83.6. The molecule has 2 fully saturated rings. The van der Waals surface area contributed by atoms with E-state index in [0.717, 1.165) is 70.9 Å². The summed E-state index contributed by atoms with van der Waals surface area (Å²) in [6.07, 6.45) is 7.16. The van der Waals surface area contributed by atoms with Crippen molar-refractivity contribution >= 4 is 46.6 Å². The monoisotopic (exact) mass is 832 g/mol. The van der Waals surface area contributed by atoms with Crippen LogP contribution in [0, 0.1) is 0 Å². The molecule has 16 heteroatoms. The van der Waals surface area contributed by atoms with Crippen LogP contribution < -0.4 is 5.32 Å². The van der Waals surface area contributed by atoms with Crippen LogP contribution in [-0.4, -0.2) is 91.3 Å². The number of carbonyl (C=O) groups excluding carboxylic acids is 3.